The molecule has 6 nitrogen and oxygen atoms in total. The molecule has 1 aliphatic rings. The lowest BCUT2D eigenvalue weighted by atomic mass is 10.1. The molecular weight excluding hydrogens is 310 g/mol. The van der Waals surface area contributed by atoms with Crippen molar-refractivity contribution in [2.75, 3.05) is 19.3 Å². The summed E-state index contributed by atoms with van der Waals surface area (Å²) >= 11 is 1.65. The molecule has 1 saturated heterocycles. The van der Waals surface area contributed by atoms with E-state index in [0.717, 1.165) is 17.7 Å². The van der Waals surface area contributed by atoms with Gasteiger partial charge in [-0.15, -0.1) is 11.3 Å². The number of hydrogen-bond donors (Lipinski definition) is 2. The number of nitrogens with zero attached hydrogens (tertiary/aromatic N) is 1. The average molecular weight is 331 g/mol. The topological polar surface area (TPSA) is 78.5 Å². The van der Waals surface area contributed by atoms with Crippen molar-refractivity contribution < 1.29 is 13.2 Å². The van der Waals surface area contributed by atoms with Crippen LogP contribution < -0.4 is 10.6 Å². The molecule has 1 aliphatic heterocycles. The second-order valence-corrected chi connectivity index (χ2v) is 8.65. The Morgan fingerprint density at radius 1 is 1.48 bits per heavy atom. The van der Waals surface area contributed by atoms with E-state index in [1.54, 1.807) is 11.3 Å². The van der Waals surface area contributed by atoms with E-state index in [9.17, 15) is 13.2 Å². The summed E-state index contributed by atoms with van der Waals surface area (Å²) in [7, 11) is -3.18. The minimum Gasteiger partial charge on any atom is -0.334 e. The molecule has 0 spiro atoms. The zero-order valence-electron chi connectivity index (χ0n) is 12.3. The van der Waals surface area contributed by atoms with Gasteiger partial charge >= 0.3 is 6.03 Å². The number of urea groups is 1. The standard InChI is InChI=1S/C13H21N3O3S2/c1-10-5-6-12(20-10)8-14-13(17)15-11-4-3-7-16(9-11)21(2,18)19/h5-6,11H,3-4,7-9H2,1-2H3,(H2,14,15,17). The van der Waals surface area contributed by atoms with Crippen molar-refractivity contribution in [3.63, 3.8) is 0 Å². The first-order valence-electron chi connectivity index (χ1n) is 6.89. The minimum absolute atomic E-state index is 0.126. The molecule has 0 aromatic carbocycles. The van der Waals surface area contributed by atoms with Crippen molar-refractivity contribution in [3.8, 4) is 0 Å². The van der Waals surface area contributed by atoms with E-state index < -0.39 is 10.0 Å². The van der Waals surface area contributed by atoms with Crippen LogP contribution in [0, 0.1) is 6.92 Å². The largest absolute Gasteiger partial charge is 0.334 e. The molecule has 1 aromatic heterocycles. The van der Waals surface area contributed by atoms with Gasteiger partial charge in [-0.25, -0.2) is 17.5 Å². The highest BCUT2D eigenvalue weighted by molar-refractivity contribution is 7.88. The highest BCUT2D eigenvalue weighted by atomic mass is 32.2. The molecule has 2 rings (SSSR count). The van der Waals surface area contributed by atoms with Crippen LogP contribution in [-0.4, -0.2) is 44.1 Å². The first-order chi connectivity index (χ1) is 9.84. The Morgan fingerprint density at radius 3 is 2.86 bits per heavy atom. The lowest BCUT2D eigenvalue weighted by Gasteiger charge is -2.31. The van der Waals surface area contributed by atoms with Crippen LogP contribution in [0.1, 0.15) is 22.6 Å². The van der Waals surface area contributed by atoms with Crippen LogP contribution in [0.2, 0.25) is 0 Å². The quantitative estimate of drug-likeness (QED) is 0.872. The molecule has 1 unspecified atom stereocenters. The van der Waals surface area contributed by atoms with E-state index in [2.05, 4.69) is 10.6 Å². The van der Waals surface area contributed by atoms with Crippen LogP contribution in [0.4, 0.5) is 4.79 Å². The Labute approximate surface area is 129 Å². The molecule has 8 heteroatoms. The molecule has 2 N–H and O–H groups in total. The smallest absolute Gasteiger partial charge is 0.315 e. The number of nitrogens with one attached hydrogen (secondary N) is 2. The van der Waals surface area contributed by atoms with Crippen molar-refractivity contribution in [3.05, 3.63) is 21.9 Å². The van der Waals surface area contributed by atoms with Gasteiger partial charge in [-0.05, 0) is 31.9 Å². The van der Waals surface area contributed by atoms with Gasteiger partial charge in [-0.1, -0.05) is 0 Å². The molecule has 1 aromatic rings. The Kier molecular flexibility index (Phi) is 5.23. The summed E-state index contributed by atoms with van der Waals surface area (Å²) in [6.45, 7) is 3.40. The average Bonchev–Trinajstić information content (AvgIpc) is 2.82. The molecule has 1 atom stereocenters. The number of carbonyl (C=O) groups is 1. The number of piperidine rings is 1. The van der Waals surface area contributed by atoms with Gasteiger partial charge in [0.1, 0.15) is 0 Å². The van der Waals surface area contributed by atoms with Gasteiger partial charge in [0.25, 0.3) is 0 Å². The molecule has 21 heavy (non-hydrogen) atoms. The summed E-state index contributed by atoms with van der Waals surface area (Å²) in [5.74, 6) is 0. The molecule has 0 aliphatic carbocycles. The molecule has 2 heterocycles. The Morgan fingerprint density at radius 2 is 2.24 bits per heavy atom. The number of thiophene rings is 1. The second kappa shape index (κ2) is 6.76. The SMILES string of the molecule is Cc1ccc(CNC(=O)NC2CCCN(S(C)(=O)=O)C2)s1. The molecule has 1 fully saturated rings. The summed E-state index contributed by atoms with van der Waals surface area (Å²) < 4.78 is 24.5. The molecule has 118 valence electrons. The van der Waals surface area contributed by atoms with E-state index in [0.29, 0.717) is 19.6 Å². The van der Waals surface area contributed by atoms with E-state index in [1.165, 1.54) is 15.4 Å². The van der Waals surface area contributed by atoms with Crippen molar-refractivity contribution >= 4 is 27.4 Å². The van der Waals surface area contributed by atoms with Crippen molar-refractivity contribution in [1.82, 2.24) is 14.9 Å². The van der Waals surface area contributed by atoms with Gasteiger partial charge in [0.15, 0.2) is 0 Å². The molecular formula is C13H21N3O3S2. The fourth-order valence-electron chi connectivity index (χ4n) is 2.35. The highest BCUT2D eigenvalue weighted by Gasteiger charge is 2.26. The molecule has 0 bridgehead atoms. The lowest BCUT2D eigenvalue weighted by Crippen LogP contribution is -2.51. The number of aryl methyl sites for hydroxylation is 1. The molecule has 0 radical (unpaired) electrons. The summed E-state index contributed by atoms with van der Waals surface area (Å²) in [6, 6.07) is 3.64. The van der Waals surface area contributed by atoms with E-state index in [4.69, 9.17) is 0 Å². The number of carbonyl (C=O) groups excluding carboxylic acids is 1. The number of rotatable bonds is 4. The van der Waals surface area contributed by atoms with Crippen molar-refractivity contribution in [2.24, 2.45) is 0 Å². The van der Waals surface area contributed by atoms with Gasteiger partial charge in [-0.3, -0.25) is 0 Å². The van der Waals surface area contributed by atoms with Crippen LogP contribution in [0.3, 0.4) is 0 Å². The van der Waals surface area contributed by atoms with Crippen molar-refractivity contribution in [1.29, 1.82) is 0 Å². The highest BCUT2D eigenvalue weighted by Crippen LogP contribution is 2.15. The zero-order valence-corrected chi connectivity index (χ0v) is 13.9. The van der Waals surface area contributed by atoms with Crippen LogP contribution >= 0.6 is 11.3 Å². The van der Waals surface area contributed by atoms with E-state index in [-0.39, 0.29) is 12.1 Å². The Hall–Kier alpha value is -1.12. The van der Waals surface area contributed by atoms with Gasteiger partial charge < -0.3 is 10.6 Å². The maximum Gasteiger partial charge on any atom is 0.315 e. The lowest BCUT2D eigenvalue weighted by molar-refractivity contribution is 0.225. The van der Waals surface area contributed by atoms with Crippen LogP contribution in [-0.2, 0) is 16.6 Å². The maximum atomic E-state index is 11.9. The monoisotopic (exact) mass is 331 g/mol. The first-order valence-corrected chi connectivity index (χ1v) is 9.56. The third-order valence-electron chi connectivity index (χ3n) is 3.41. The first kappa shape index (κ1) is 16.3. The van der Waals surface area contributed by atoms with Crippen molar-refractivity contribution in [2.45, 2.75) is 32.4 Å². The third-order valence-corrected chi connectivity index (χ3v) is 5.68. The number of amides is 2. The summed E-state index contributed by atoms with van der Waals surface area (Å²) in [5.41, 5.74) is 0. The number of hydrogen-bond acceptors (Lipinski definition) is 4. The predicted molar refractivity (Wildman–Crippen MR) is 83.9 cm³/mol. The third kappa shape index (κ3) is 4.98. The summed E-state index contributed by atoms with van der Waals surface area (Å²) in [6.07, 6.45) is 2.77. The van der Waals surface area contributed by atoms with Crippen LogP contribution in [0.15, 0.2) is 12.1 Å². The fourth-order valence-corrected chi connectivity index (χ4v) is 4.09. The maximum absolute atomic E-state index is 11.9. The van der Waals surface area contributed by atoms with Crippen LogP contribution in [0.5, 0.6) is 0 Å². The molecule has 2 amide bonds. The Balaban J connectivity index is 1.79. The normalized spacial score (nSPS) is 20.2. The van der Waals surface area contributed by atoms with Gasteiger partial charge in [0.2, 0.25) is 10.0 Å². The Bertz CT molecular complexity index is 598. The predicted octanol–water partition coefficient (Wildman–Crippen LogP) is 1.28. The van der Waals surface area contributed by atoms with E-state index >= 15 is 0 Å². The van der Waals surface area contributed by atoms with E-state index in [1.807, 2.05) is 19.1 Å². The minimum atomic E-state index is -3.18. The molecule has 0 saturated carbocycles. The summed E-state index contributed by atoms with van der Waals surface area (Å²) in [5, 5.41) is 5.65. The number of sulfonamides is 1. The van der Waals surface area contributed by atoms with Crippen LogP contribution in [0.25, 0.3) is 0 Å². The second-order valence-electron chi connectivity index (χ2n) is 5.30. The van der Waals surface area contributed by atoms with Gasteiger partial charge in [0, 0.05) is 28.9 Å². The fraction of sp³-hybridized carbons (Fsp3) is 0.615. The van der Waals surface area contributed by atoms with Gasteiger partial charge in [-0.2, -0.15) is 0 Å². The zero-order chi connectivity index (χ0) is 15.5. The summed E-state index contributed by atoms with van der Waals surface area (Å²) in [4.78, 5) is 14.2. The van der Waals surface area contributed by atoms with Gasteiger partial charge in [0.05, 0.1) is 12.8 Å².